The Morgan fingerprint density at radius 1 is 0.964 bits per heavy atom. The second kappa shape index (κ2) is 8.19. The van der Waals surface area contributed by atoms with Crippen molar-refractivity contribution in [2.45, 2.75) is 19.4 Å². The van der Waals surface area contributed by atoms with Crippen LogP contribution in [-0.4, -0.2) is 24.3 Å². The molecular weight excluding hydrogens is 396 g/mol. The number of amides is 1. The normalized spacial score (nSPS) is 12.2. The van der Waals surface area contributed by atoms with Gasteiger partial charge in [0, 0.05) is 0 Å². The Morgan fingerprint density at radius 2 is 1.57 bits per heavy atom. The van der Waals surface area contributed by atoms with E-state index in [2.05, 4.69) is 4.74 Å². The van der Waals surface area contributed by atoms with Crippen molar-refractivity contribution in [3.63, 3.8) is 0 Å². The van der Waals surface area contributed by atoms with Gasteiger partial charge in [0.05, 0.1) is 11.3 Å². The maximum atomic E-state index is 13.5. The van der Waals surface area contributed by atoms with Gasteiger partial charge in [-0.3, -0.25) is 4.79 Å². The summed E-state index contributed by atoms with van der Waals surface area (Å²) in [7, 11) is 0. The Kier molecular flexibility index (Phi) is 6.16. The van der Waals surface area contributed by atoms with E-state index in [9.17, 15) is 35.9 Å². The number of hydrogen-bond donors (Lipinski definition) is 1. The molecule has 2 rings (SSSR count). The molecule has 11 heteroatoms. The third-order valence-corrected chi connectivity index (χ3v) is 3.27. The lowest BCUT2D eigenvalue weighted by Gasteiger charge is -2.14. The van der Waals surface area contributed by atoms with Crippen LogP contribution in [0, 0.1) is 17.5 Å². The molecule has 0 aliphatic heterocycles. The first-order chi connectivity index (χ1) is 13.0. The fourth-order valence-electron chi connectivity index (χ4n) is 1.93. The summed E-state index contributed by atoms with van der Waals surface area (Å²) < 4.78 is 84.3. The standard InChI is InChI=1S/C17H11F6NO4/c1-8(15(25)24-12-7-6-11(18)13(19)14(12)20)27-16(26)9-2-4-10(5-3-9)28-17(21,22)23/h2-8H,1H3,(H,24,25)/t8-/m0/s1. The smallest absolute Gasteiger partial charge is 0.449 e. The molecule has 0 aliphatic carbocycles. The fourth-order valence-corrected chi connectivity index (χ4v) is 1.93. The van der Waals surface area contributed by atoms with Crippen LogP contribution < -0.4 is 10.1 Å². The van der Waals surface area contributed by atoms with E-state index in [-0.39, 0.29) is 5.56 Å². The average Bonchev–Trinajstić information content (AvgIpc) is 2.61. The number of carbonyl (C=O) groups is 2. The van der Waals surface area contributed by atoms with Crippen LogP contribution in [0.5, 0.6) is 5.75 Å². The molecule has 0 aliphatic rings. The quantitative estimate of drug-likeness (QED) is 0.459. The van der Waals surface area contributed by atoms with Crippen LogP contribution in [0.3, 0.4) is 0 Å². The van der Waals surface area contributed by atoms with Gasteiger partial charge in [-0.2, -0.15) is 0 Å². The number of anilines is 1. The van der Waals surface area contributed by atoms with Crippen LogP contribution in [0.1, 0.15) is 17.3 Å². The van der Waals surface area contributed by atoms with Gasteiger partial charge >= 0.3 is 12.3 Å². The van der Waals surface area contributed by atoms with Crippen LogP contribution in [0.15, 0.2) is 36.4 Å². The molecule has 0 saturated heterocycles. The summed E-state index contributed by atoms with van der Waals surface area (Å²) in [6.07, 6.45) is -6.38. The molecular formula is C17H11F6NO4. The number of hydrogen-bond acceptors (Lipinski definition) is 4. The molecule has 1 atom stereocenters. The van der Waals surface area contributed by atoms with Crippen molar-refractivity contribution >= 4 is 17.6 Å². The number of halogens is 6. The maximum absolute atomic E-state index is 13.5. The first-order valence-electron chi connectivity index (χ1n) is 7.49. The van der Waals surface area contributed by atoms with Crippen molar-refractivity contribution in [3.05, 3.63) is 59.4 Å². The van der Waals surface area contributed by atoms with Gasteiger partial charge in [0.25, 0.3) is 5.91 Å². The van der Waals surface area contributed by atoms with E-state index < -0.39 is 53.2 Å². The number of nitrogens with one attached hydrogen (secondary N) is 1. The zero-order valence-electron chi connectivity index (χ0n) is 13.9. The second-order valence-electron chi connectivity index (χ2n) is 5.33. The minimum absolute atomic E-state index is 0.187. The monoisotopic (exact) mass is 407 g/mol. The molecule has 0 radical (unpaired) electrons. The van der Waals surface area contributed by atoms with E-state index in [1.54, 1.807) is 0 Å². The molecule has 1 N–H and O–H groups in total. The van der Waals surface area contributed by atoms with E-state index in [0.29, 0.717) is 6.07 Å². The van der Waals surface area contributed by atoms with Crippen LogP contribution in [0.2, 0.25) is 0 Å². The Bertz CT molecular complexity index is 882. The maximum Gasteiger partial charge on any atom is 0.573 e. The summed E-state index contributed by atoms with van der Waals surface area (Å²) in [4.78, 5) is 23.8. The zero-order valence-corrected chi connectivity index (χ0v) is 13.9. The first-order valence-corrected chi connectivity index (χ1v) is 7.49. The van der Waals surface area contributed by atoms with Crippen LogP contribution in [0.25, 0.3) is 0 Å². The van der Waals surface area contributed by atoms with Gasteiger partial charge in [-0.25, -0.2) is 18.0 Å². The highest BCUT2D eigenvalue weighted by molar-refractivity contribution is 5.97. The predicted octanol–water partition coefficient (Wildman–Crippen LogP) is 4.19. The largest absolute Gasteiger partial charge is 0.573 e. The highest BCUT2D eigenvalue weighted by Gasteiger charge is 2.31. The lowest BCUT2D eigenvalue weighted by Crippen LogP contribution is -2.30. The Labute approximate surface area is 153 Å². The van der Waals surface area contributed by atoms with Crippen LogP contribution in [0.4, 0.5) is 32.0 Å². The highest BCUT2D eigenvalue weighted by atomic mass is 19.4. The summed E-state index contributed by atoms with van der Waals surface area (Å²) >= 11 is 0. The SMILES string of the molecule is C[C@H](OC(=O)c1ccc(OC(F)(F)F)cc1)C(=O)Nc1ccc(F)c(F)c1F. The van der Waals surface area contributed by atoms with Crippen molar-refractivity contribution < 1.29 is 45.4 Å². The Hall–Kier alpha value is -3.24. The number of esters is 1. The topological polar surface area (TPSA) is 64.6 Å². The van der Waals surface area contributed by atoms with Crippen LogP contribution in [-0.2, 0) is 9.53 Å². The average molecular weight is 407 g/mol. The molecule has 0 saturated carbocycles. The molecule has 2 aromatic rings. The fraction of sp³-hybridized carbons (Fsp3) is 0.176. The van der Waals surface area contributed by atoms with Crippen LogP contribution >= 0.6 is 0 Å². The number of carbonyl (C=O) groups excluding carboxylic acids is 2. The van der Waals surface area contributed by atoms with E-state index in [4.69, 9.17) is 4.74 Å². The molecule has 5 nitrogen and oxygen atoms in total. The molecule has 2 aromatic carbocycles. The number of ether oxygens (including phenoxy) is 2. The van der Waals surface area contributed by atoms with Crippen molar-refractivity contribution in [2.24, 2.45) is 0 Å². The van der Waals surface area contributed by atoms with E-state index >= 15 is 0 Å². The van der Waals surface area contributed by atoms with Crippen molar-refractivity contribution in [1.29, 1.82) is 0 Å². The molecule has 0 fully saturated rings. The molecule has 28 heavy (non-hydrogen) atoms. The third-order valence-electron chi connectivity index (χ3n) is 3.27. The lowest BCUT2D eigenvalue weighted by atomic mass is 10.2. The number of rotatable bonds is 5. The summed E-state index contributed by atoms with van der Waals surface area (Å²) in [5, 5.41) is 1.93. The Balaban J connectivity index is 2.00. The summed E-state index contributed by atoms with van der Waals surface area (Å²) in [6, 6.07) is 5.05. The van der Waals surface area contributed by atoms with E-state index in [1.807, 2.05) is 5.32 Å². The Morgan fingerprint density at radius 3 is 2.14 bits per heavy atom. The van der Waals surface area contributed by atoms with Gasteiger partial charge in [-0.15, -0.1) is 13.2 Å². The molecule has 150 valence electrons. The third kappa shape index (κ3) is 5.38. The van der Waals surface area contributed by atoms with E-state index in [0.717, 1.165) is 37.3 Å². The minimum atomic E-state index is -4.90. The molecule has 1 amide bonds. The molecule has 0 heterocycles. The second-order valence-corrected chi connectivity index (χ2v) is 5.33. The minimum Gasteiger partial charge on any atom is -0.449 e. The molecule has 0 aromatic heterocycles. The van der Waals surface area contributed by atoms with Gasteiger partial charge in [-0.1, -0.05) is 0 Å². The molecule has 0 unspecified atom stereocenters. The summed E-state index contributed by atoms with van der Waals surface area (Å²) in [5.74, 6) is -7.55. The lowest BCUT2D eigenvalue weighted by molar-refractivity contribution is -0.274. The molecule has 0 bridgehead atoms. The first kappa shape index (κ1) is 21.1. The predicted molar refractivity (Wildman–Crippen MR) is 82.9 cm³/mol. The van der Waals surface area contributed by atoms with Gasteiger partial charge in [0.15, 0.2) is 23.6 Å². The van der Waals surface area contributed by atoms with Gasteiger partial charge in [-0.05, 0) is 43.3 Å². The van der Waals surface area contributed by atoms with E-state index in [1.165, 1.54) is 0 Å². The van der Waals surface area contributed by atoms with Gasteiger partial charge < -0.3 is 14.8 Å². The van der Waals surface area contributed by atoms with Gasteiger partial charge in [0.1, 0.15) is 5.75 Å². The summed E-state index contributed by atoms with van der Waals surface area (Å²) in [6.45, 7) is 1.12. The highest BCUT2D eigenvalue weighted by Crippen LogP contribution is 2.23. The van der Waals surface area contributed by atoms with Crippen molar-refractivity contribution in [3.8, 4) is 5.75 Å². The van der Waals surface area contributed by atoms with Crippen molar-refractivity contribution in [2.75, 3.05) is 5.32 Å². The van der Waals surface area contributed by atoms with Gasteiger partial charge in [0.2, 0.25) is 0 Å². The number of alkyl halides is 3. The van der Waals surface area contributed by atoms with Crippen molar-refractivity contribution in [1.82, 2.24) is 0 Å². The number of benzene rings is 2. The molecule has 0 spiro atoms. The zero-order chi connectivity index (χ0) is 21.1. The summed E-state index contributed by atoms with van der Waals surface area (Å²) in [5.41, 5.74) is -0.853.